The number of benzene rings is 2. The maximum absolute atomic E-state index is 13.2. The minimum Gasteiger partial charge on any atom is -0.493 e. The summed E-state index contributed by atoms with van der Waals surface area (Å²) in [5, 5.41) is 0.147. The van der Waals surface area contributed by atoms with Crippen LogP contribution in [0.25, 0.3) is 0 Å². The van der Waals surface area contributed by atoms with E-state index in [4.69, 9.17) is 16.3 Å². The van der Waals surface area contributed by atoms with Gasteiger partial charge < -0.3 is 4.74 Å². The molecule has 0 saturated heterocycles. The van der Waals surface area contributed by atoms with Crippen molar-refractivity contribution in [1.29, 1.82) is 0 Å². The maximum Gasteiger partial charge on any atom is 0.141 e. The van der Waals surface area contributed by atoms with Gasteiger partial charge in [0.25, 0.3) is 0 Å². The topological polar surface area (TPSA) is 9.23 Å². The van der Waals surface area contributed by atoms with Gasteiger partial charge in [0.05, 0.1) is 16.5 Å². The molecule has 20 heavy (non-hydrogen) atoms. The van der Waals surface area contributed by atoms with E-state index in [0.29, 0.717) is 0 Å². The summed E-state index contributed by atoms with van der Waals surface area (Å²) in [5.74, 6) is 0.575. The van der Waals surface area contributed by atoms with Crippen molar-refractivity contribution in [2.24, 2.45) is 0 Å². The summed E-state index contributed by atoms with van der Waals surface area (Å²) in [6, 6.07) is 11.0. The van der Waals surface area contributed by atoms with Gasteiger partial charge in [-0.05, 0) is 47.7 Å². The Kier molecular flexibility index (Phi) is 3.99. The van der Waals surface area contributed by atoms with Gasteiger partial charge in [-0.15, -0.1) is 0 Å². The lowest BCUT2D eigenvalue weighted by molar-refractivity contribution is 0.288. The van der Waals surface area contributed by atoms with Crippen molar-refractivity contribution in [2.75, 3.05) is 6.61 Å². The van der Waals surface area contributed by atoms with Gasteiger partial charge in [0.1, 0.15) is 11.6 Å². The zero-order valence-electron chi connectivity index (χ0n) is 10.7. The lowest BCUT2D eigenvalue weighted by Crippen LogP contribution is -2.08. The predicted molar refractivity (Wildman–Crippen MR) is 82.4 cm³/mol. The van der Waals surface area contributed by atoms with E-state index in [0.717, 1.165) is 36.3 Å². The molecular formula is C16H13BrClFO. The first-order chi connectivity index (χ1) is 9.65. The minimum absolute atomic E-state index is 0.00664. The van der Waals surface area contributed by atoms with Crippen LogP contribution in [0.5, 0.6) is 5.75 Å². The first-order valence-electron chi connectivity index (χ1n) is 6.50. The Morgan fingerprint density at radius 3 is 2.70 bits per heavy atom. The highest BCUT2D eigenvalue weighted by molar-refractivity contribution is 9.09. The van der Waals surface area contributed by atoms with Gasteiger partial charge in [0, 0.05) is 0 Å². The van der Waals surface area contributed by atoms with Crippen LogP contribution in [0.3, 0.4) is 0 Å². The molecule has 4 heteroatoms. The third-order valence-corrected chi connectivity index (χ3v) is 4.81. The predicted octanol–water partition coefficient (Wildman–Crippen LogP) is 5.29. The van der Waals surface area contributed by atoms with Crippen LogP contribution in [0, 0.1) is 5.82 Å². The van der Waals surface area contributed by atoms with Crippen LogP contribution in [0.2, 0.25) is 5.02 Å². The summed E-state index contributed by atoms with van der Waals surface area (Å²) in [7, 11) is 0. The van der Waals surface area contributed by atoms with Crippen LogP contribution in [0.4, 0.5) is 4.39 Å². The number of halogens is 3. The molecular weight excluding hydrogens is 343 g/mol. The molecule has 1 aliphatic heterocycles. The minimum atomic E-state index is -0.394. The lowest BCUT2D eigenvalue weighted by Gasteiger charge is -2.19. The third-order valence-electron chi connectivity index (χ3n) is 3.46. The van der Waals surface area contributed by atoms with Gasteiger partial charge in [-0.25, -0.2) is 4.39 Å². The largest absolute Gasteiger partial charge is 0.493 e. The second kappa shape index (κ2) is 5.74. The number of ether oxygens (including phenoxy) is 1. The molecule has 0 radical (unpaired) electrons. The van der Waals surface area contributed by atoms with E-state index in [1.807, 2.05) is 12.1 Å². The summed E-state index contributed by atoms with van der Waals surface area (Å²) < 4.78 is 18.8. The highest BCUT2D eigenvalue weighted by atomic mass is 79.9. The van der Waals surface area contributed by atoms with E-state index in [1.54, 1.807) is 12.1 Å². The molecule has 0 aliphatic carbocycles. The zero-order chi connectivity index (χ0) is 14.1. The lowest BCUT2D eigenvalue weighted by atomic mass is 9.99. The second-order valence-corrected chi connectivity index (χ2v) is 6.18. The van der Waals surface area contributed by atoms with Crippen LogP contribution in [0.15, 0.2) is 36.4 Å². The summed E-state index contributed by atoms with van der Waals surface area (Å²) in [6.07, 6.45) is 2.08. The zero-order valence-corrected chi connectivity index (χ0v) is 13.0. The van der Waals surface area contributed by atoms with Gasteiger partial charge in [-0.1, -0.05) is 45.7 Å². The molecule has 0 aromatic heterocycles. The Bertz CT molecular complexity index is 644. The van der Waals surface area contributed by atoms with E-state index in [1.165, 1.54) is 11.6 Å². The highest BCUT2D eigenvalue weighted by Crippen LogP contribution is 2.36. The average molecular weight is 356 g/mol. The van der Waals surface area contributed by atoms with Crippen molar-refractivity contribution in [2.45, 2.75) is 17.7 Å². The Labute approximate surface area is 130 Å². The van der Waals surface area contributed by atoms with Crippen molar-refractivity contribution >= 4 is 27.5 Å². The summed E-state index contributed by atoms with van der Waals surface area (Å²) in [4.78, 5) is -0.00664. The molecule has 3 rings (SSSR count). The van der Waals surface area contributed by atoms with Crippen LogP contribution >= 0.6 is 27.5 Å². The standard InChI is InChI=1S/C16H13BrClFO/c17-16(12-3-5-14(19)13(18)9-12)11-4-6-15-10(8-11)2-1-7-20-15/h3-6,8-9,16H,1-2,7H2. The molecule has 1 unspecified atom stereocenters. The fourth-order valence-electron chi connectivity index (χ4n) is 2.40. The Hall–Kier alpha value is -1.06. The van der Waals surface area contributed by atoms with Crippen molar-refractivity contribution in [1.82, 2.24) is 0 Å². The van der Waals surface area contributed by atoms with E-state index in [2.05, 4.69) is 22.0 Å². The SMILES string of the molecule is Fc1ccc(C(Br)c2ccc3c(c2)CCCO3)cc1Cl. The average Bonchev–Trinajstić information content (AvgIpc) is 2.49. The van der Waals surface area contributed by atoms with Gasteiger partial charge in [-0.3, -0.25) is 0 Å². The van der Waals surface area contributed by atoms with Crippen molar-refractivity contribution < 1.29 is 9.13 Å². The van der Waals surface area contributed by atoms with Crippen molar-refractivity contribution in [3.05, 3.63) is 63.9 Å². The first kappa shape index (κ1) is 13.9. The molecule has 2 aromatic rings. The fourth-order valence-corrected chi connectivity index (χ4v) is 3.16. The van der Waals surface area contributed by atoms with Crippen molar-refractivity contribution in [3.63, 3.8) is 0 Å². The highest BCUT2D eigenvalue weighted by Gasteiger charge is 2.16. The number of fused-ring (bicyclic) bond motifs is 1. The summed E-state index contributed by atoms with van der Waals surface area (Å²) in [6.45, 7) is 0.789. The summed E-state index contributed by atoms with van der Waals surface area (Å²) >= 11 is 9.50. The molecule has 0 fully saturated rings. The van der Waals surface area contributed by atoms with Crippen LogP contribution < -0.4 is 4.74 Å². The first-order valence-corrected chi connectivity index (χ1v) is 7.79. The Morgan fingerprint density at radius 2 is 1.90 bits per heavy atom. The molecule has 1 atom stereocenters. The number of hydrogen-bond donors (Lipinski definition) is 0. The monoisotopic (exact) mass is 354 g/mol. The molecule has 104 valence electrons. The molecule has 0 N–H and O–H groups in total. The van der Waals surface area contributed by atoms with E-state index < -0.39 is 5.82 Å². The van der Waals surface area contributed by atoms with E-state index in [-0.39, 0.29) is 9.85 Å². The smallest absolute Gasteiger partial charge is 0.141 e. The molecule has 1 aliphatic rings. The quantitative estimate of drug-likeness (QED) is 0.665. The third kappa shape index (κ3) is 2.70. The van der Waals surface area contributed by atoms with Crippen LogP contribution in [-0.4, -0.2) is 6.61 Å². The van der Waals surface area contributed by atoms with Crippen molar-refractivity contribution in [3.8, 4) is 5.75 Å². The van der Waals surface area contributed by atoms with Gasteiger partial charge in [-0.2, -0.15) is 0 Å². The van der Waals surface area contributed by atoms with E-state index >= 15 is 0 Å². The molecule has 0 amide bonds. The second-order valence-electron chi connectivity index (χ2n) is 4.86. The number of aryl methyl sites for hydroxylation is 1. The number of alkyl halides is 1. The molecule has 0 bridgehead atoms. The normalized spacial score (nSPS) is 15.3. The molecule has 0 saturated carbocycles. The molecule has 1 nitrogen and oxygen atoms in total. The molecule has 2 aromatic carbocycles. The van der Waals surface area contributed by atoms with Crippen LogP contribution in [-0.2, 0) is 6.42 Å². The van der Waals surface area contributed by atoms with Gasteiger partial charge in [0.2, 0.25) is 0 Å². The Morgan fingerprint density at radius 1 is 1.15 bits per heavy atom. The van der Waals surface area contributed by atoms with Gasteiger partial charge in [0.15, 0.2) is 0 Å². The number of hydrogen-bond acceptors (Lipinski definition) is 1. The fraction of sp³-hybridized carbons (Fsp3) is 0.250. The van der Waals surface area contributed by atoms with E-state index in [9.17, 15) is 4.39 Å². The van der Waals surface area contributed by atoms with Gasteiger partial charge >= 0.3 is 0 Å². The number of rotatable bonds is 2. The molecule has 1 heterocycles. The van der Waals surface area contributed by atoms with Crippen LogP contribution in [0.1, 0.15) is 27.9 Å². The summed E-state index contributed by atoms with van der Waals surface area (Å²) in [5.41, 5.74) is 3.29. The Balaban J connectivity index is 1.93. The molecule has 0 spiro atoms. The maximum atomic E-state index is 13.2.